The number of aliphatic hydroxyl groups is 1. The van der Waals surface area contributed by atoms with Crippen molar-refractivity contribution in [2.24, 2.45) is 0 Å². The van der Waals surface area contributed by atoms with Crippen LogP contribution in [0.2, 0.25) is 0 Å². The van der Waals surface area contributed by atoms with E-state index in [-0.39, 0.29) is 12.1 Å². The van der Waals surface area contributed by atoms with Crippen LogP contribution in [0.15, 0.2) is 0 Å². The second kappa shape index (κ2) is 4.58. The van der Waals surface area contributed by atoms with E-state index in [2.05, 4.69) is 0 Å². The number of aliphatic hydroxyl groups excluding tert-OH is 1. The Morgan fingerprint density at radius 2 is 2.31 bits per heavy atom. The van der Waals surface area contributed by atoms with Gasteiger partial charge in [-0.05, 0) is 19.8 Å². The predicted molar refractivity (Wildman–Crippen MR) is 46.0 cm³/mol. The van der Waals surface area contributed by atoms with Gasteiger partial charge in [-0.1, -0.05) is 6.92 Å². The number of hydrogen-bond acceptors (Lipinski definition) is 4. The standard InChI is InChI=1S/C9H16O4/c1-3-8(10)13-7-5-4-6(2)12-9(7)11/h6-7,9,11H,3-5H2,1-2H3/t6-,7-,9?/m0/s1. The number of rotatable bonds is 2. The van der Waals surface area contributed by atoms with E-state index in [1.54, 1.807) is 6.92 Å². The Balaban J connectivity index is 2.38. The molecular weight excluding hydrogens is 172 g/mol. The summed E-state index contributed by atoms with van der Waals surface area (Å²) in [5, 5.41) is 9.38. The lowest BCUT2D eigenvalue weighted by molar-refractivity contribution is -0.224. The molecule has 1 unspecified atom stereocenters. The highest BCUT2D eigenvalue weighted by Crippen LogP contribution is 2.20. The van der Waals surface area contributed by atoms with Crippen LogP contribution in [0.1, 0.15) is 33.1 Å². The predicted octanol–water partition coefficient (Wildman–Crippen LogP) is 0.825. The highest BCUT2D eigenvalue weighted by molar-refractivity contribution is 5.69. The molecule has 1 rings (SSSR count). The first-order chi connectivity index (χ1) is 6.13. The van der Waals surface area contributed by atoms with Crippen molar-refractivity contribution < 1.29 is 19.4 Å². The summed E-state index contributed by atoms with van der Waals surface area (Å²) in [5.74, 6) is -0.290. The van der Waals surface area contributed by atoms with Gasteiger partial charge in [0.15, 0.2) is 12.4 Å². The highest BCUT2D eigenvalue weighted by atomic mass is 16.6. The van der Waals surface area contributed by atoms with Crippen molar-refractivity contribution in [2.45, 2.75) is 51.6 Å². The van der Waals surface area contributed by atoms with Gasteiger partial charge in [-0.3, -0.25) is 4.79 Å². The van der Waals surface area contributed by atoms with Crippen molar-refractivity contribution in [2.75, 3.05) is 0 Å². The first-order valence-electron chi connectivity index (χ1n) is 4.66. The number of carbonyl (C=O) groups excluding carboxylic acids is 1. The van der Waals surface area contributed by atoms with Crippen molar-refractivity contribution in [1.82, 2.24) is 0 Å². The van der Waals surface area contributed by atoms with Crippen LogP contribution in [0.3, 0.4) is 0 Å². The molecule has 4 nitrogen and oxygen atoms in total. The van der Waals surface area contributed by atoms with Crippen molar-refractivity contribution in [3.05, 3.63) is 0 Å². The zero-order chi connectivity index (χ0) is 9.84. The summed E-state index contributed by atoms with van der Waals surface area (Å²) >= 11 is 0. The summed E-state index contributed by atoms with van der Waals surface area (Å²) in [4.78, 5) is 10.9. The first kappa shape index (κ1) is 10.5. The molecule has 1 saturated heterocycles. The van der Waals surface area contributed by atoms with Gasteiger partial charge in [0.2, 0.25) is 0 Å². The van der Waals surface area contributed by atoms with Crippen molar-refractivity contribution in [3.8, 4) is 0 Å². The van der Waals surface area contributed by atoms with Crippen LogP contribution in [-0.4, -0.2) is 29.6 Å². The van der Waals surface area contributed by atoms with E-state index >= 15 is 0 Å². The summed E-state index contributed by atoms with van der Waals surface area (Å²) in [6.45, 7) is 3.61. The van der Waals surface area contributed by atoms with Gasteiger partial charge in [0.25, 0.3) is 0 Å². The molecule has 0 bridgehead atoms. The van der Waals surface area contributed by atoms with E-state index in [9.17, 15) is 9.90 Å². The smallest absolute Gasteiger partial charge is 0.305 e. The lowest BCUT2D eigenvalue weighted by Gasteiger charge is -2.31. The van der Waals surface area contributed by atoms with Gasteiger partial charge in [-0.25, -0.2) is 0 Å². The van der Waals surface area contributed by atoms with Gasteiger partial charge in [-0.2, -0.15) is 0 Å². The minimum atomic E-state index is -0.959. The molecule has 1 fully saturated rings. The summed E-state index contributed by atoms with van der Waals surface area (Å²) in [5.41, 5.74) is 0. The van der Waals surface area contributed by atoms with Gasteiger partial charge in [0, 0.05) is 6.42 Å². The number of esters is 1. The average Bonchev–Trinajstić information content (AvgIpc) is 2.09. The van der Waals surface area contributed by atoms with Crippen LogP contribution in [0.25, 0.3) is 0 Å². The Bertz CT molecular complexity index is 180. The van der Waals surface area contributed by atoms with Gasteiger partial charge in [-0.15, -0.1) is 0 Å². The molecule has 1 heterocycles. The Labute approximate surface area is 77.8 Å². The summed E-state index contributed by atoms with van der Waals surface area (Å²) in [6, 6.07) is 0. The summed E-state index contributed by atoms with van der Waals surface area (Å²) < 4.78 is 10.1. The SMILES string of the molecule is CCC(=O)O[C@H]1CC[C@H](C)OC1O. The Hall–Kier alpha value is -0.610. The topological polar surface area (TPSA) is 55.8 Å². The highest BCUT2D eigenvalue weighted by Gasteiger charge is 2.30. The molecule has 3 atom stereocenters. The normalized spacial score (nSPS) is 34.2. The molecule has 0 aromatic carbocycles. The van der Waals surface area contributed by atoms with Gasteiger partial charge in [0.1, 0.15) is 0 Å². The van der Waals surface area contributed by atoms with E-state index in [1.807, 2.05) is 6.92 Å². The zero-order valence-electron chi connectivity index (χ0n) is 8.03. The van der Waals surface area contributed by atoms with E-state index in [4.69, 9.17) is 9.47 Å². The molecule has 1 N–H and O–H groups in total. The fourth-order valence-electron chi connectivity index (χ4n) is 1.30. The van der Waals surface area contributed by atoms with Crippen LogP contribution >= 0.6 is 0 Å². The fourth-order valence-corrected chi connectivity index (χ4v) is 1.30. The van der Waals surface area contributed by atoms with Crippen molar-refractivity contribution >= 4 is 5.97 Å². The van der Waals surface area contributed by atoms with Crippen LogP contribution in [0.4, 0.5) is 0 Å². The average molecular weight is 188 g/mol. The van der Waals surface area contributed by atoms with Crippen molar-refractivity contribution in [3.63, 3.8) is 0 Å². The third kappa shape index (κ3) is 2.97. The number of ether oxygens (including phenoxy) is 2. The van der Waals surface area contributed by atoms with Gasteiger partial charge >= 0.3 is 5.97 Å². The van der Waals surface area contributed by atoms with E-state index in [1.165, 1.54) is 0 Å². The minimum Gasteiger partial charge on any atom is -0.457 e. The molecule has 0 aromatic rings. The second-order valence-electron chi connectivity index (χ2n) is 3.30. The number of hydrogen-bond donors (Lipinski definition) is 1. The van der Waals surface area contributed by atoms with Crippen LogP contribution in [0.5, 0.6) is 0 Å². The fraction of sp³-hybridized carbons (Fsp3) is 0.889. The molecule has 0 amide bonds. The molecule has 1 aliphatic heterocycles. The van der Waals surface area contributed by atoms with Gasteiger partial charge in [0.05, 0.1) is 6.10 Å². The third-order valence-electron chi connectivity index (χ3n) is 2.12. The van der Waals surface area contributed by atoms with Crippen LogP contribution in [0, 0.1) is 0 Å². The molecular formula is C9H16O4. The first-order valence-corrected chi connectivity index (χ1v) is 4.66. The Morgan fingerprint density at radius 3 is 2.85 bits per heavy atom. The van der Waals surface area contributed by atoms with E-state index in [0.29, 0.717) is 12.8 Å². The third-order valence-corrected chi connectivity index (χ3v) is 2.12. The lowest BCUT2D eigenvalue weighted by atomic mass is 10.1. The molecule has 0 saturated carbocycles. The maximum Gasteiger partial charge on any atom is 0.305 e. The summed E-state index contributed by atoms with van der Waals surface area (Å²) in [6.07, 6.45) is 0.431. The van der Waals surface area contributed by atoms with Gasteiger partial charge < -0.3 is 14.6 Å². The molecule has 76 valence electrons. The lowest BCUT2D eigenvalue weighted by Crippen LogP contribution is -2.40. The summed E-state index contributed by atoms with van der Waals surface area (Å²) in [7, 11) is 0. The molecule has 0 aromatic heterocycles. The van der Waals surface area contributed by atoms with Crippen molar-refractivity contribution in [1.29, 1.82) is 0 Å². The molecule has 4 heteroatoms. The largest absolute Gasteiger partial charge is 0.457 e. The van der Waals surface area contributed by atoms with Crippen LogP contribution in [-0.2, 0) is 14.3 Å². The molecule has 13 heavy (non-hydrogen) atoms. The maximum absolute atomic E-state index is 10.9. The second-order valence-corrected chi connectivity index (χ2v) is 3.30. The molecule has 0 spiro atoms. The number of carbonyl (C=O) groups is 1. The molecule has 1 aliphatic rings. The zero-order valence-corrected chi connectivity index (χ0v) is 8.03. The van der Waals surface area contributed by atoms with E-state index < -0.39 is 12.4 Å². The Kier molecular flexibility index (Phi) is 3.69. The molecule has 0 radical (unpaired) electrons. The Morgan fingerprint density at radius 1 is 1.62 bits per heavy atom. The minimum absolute atomic E-state index is 0.0478. The monoisotopic (exact) mass is 188 g/mol. The quantitative estimate of drug-likeness (QED) is 0.652. The maximum atomic E-state index is 10.9. The molecule has 0 aliphatic carbocycles. The van der Waals surface area contributed by atoms with E-state index in [0.717, 1.165) is 6.42 Å². The van der Waals surface area contributed by atoms with Crippen LogP contribution < -0.4 is 0 Å².